The van der Waals surface area contributed by atoms with Gasteiger partial charge in [-0.15, -0.1) is 0 Å². The standard InChI is InChI=1S/C22H23ClN2O4S/c1-15-10-20-17(12-22(26)29-21(20)11-16(15)2)14-24-6-8-25(9-7-24)30(27,28)19-5-3-4-18(23)13-19/h3-5,10-13H,6-9,14H2,1-2H3. The number of hydrogen-bond acceptors (Lipinski definition) is 5. The lowest BCUT2D eigenvalue weighted by molar-refractivity contribution is 0.182. The smallest absolute Gasteiger partial charge is 0.336 e. The predicted octanol–water partition coefficient (Wildman–Crippen LogP) is 3.57. The molecule has 2 aromatic carbocycles. The Hall–Kier alpha value is -2.19. The molecule has 4 rings (SSSR count). The van der Waals surface area contributed by atoms with Crippen LogP contribution in [0.1, 0.15) is 16.7 Å². The maximum absolute atomic E-state index is 12.9. The van der Waals surface area contributed by atoms with Crippen LogP contribution in [0.3, 0.4) is 0 Å². The summed E-state index contributed by atoms with van der Waals surface area (Å²) in [6.07, 6.45) is 0. The van der Waals surface area contributed by atoms with Gasteiger partial charge in [0.15, 0.2) is 0 Å². The molecule has 1 saturated heterocycles. The second kappa shape index (κ2) is 8.15. The Balaban J connectivity index is 1.52. The van der Waals surface area contributed by atoms with Crippen LogP contribution in [0.2, 0.25) is 5.02 Å². The van der Waals surface area contributed by atoms with E-state index in [0.29, 0.717) is 43.3 Å². The van der Waals surface area contributed by atoms with Crippen LogP contribution in [0.4, 0.5) is 0 Å². The molecule has 30 heavy (non-hydrogen) atoms. The first-order valence-corrected chi connectivity index (χ1v) is 11.6. The van der Waals surface area contributed by atoms with Crippen molar-refractivity contribution < 1.29 is 12.8 Å². The molecule has 0 aliphatic carbocycles. The van der Waals surface area contributed by atoms with E-state index in [9.17, 15) is 13.2 Å². The summed E-state index contributed by atoms with van der Waals surface area (Å²) >= 11 is 5.96. The van der Waals surface area contributed by atoms with Crippen LogP contribution in [0.25, 0.3) is 11.0 Å². The van der Waals surface area contributed by atoms with Crippen molar-refractivity contribution in [2.45, 2.75) is 25.3 Å². The van der Waals surface area contributed by atoms with E-state index in [-0.39, 0.29) is 10.5 Å². The highest BCUT2D eigenvalue weighted by Crippen LogP contribution is 2.24. The molecule has 0 bridgehead atoms. The van der Waals surface area contributed by atoms with Gasteiger partial charge in [-0.2, -0.15) is 4.31 Å². The van der Waals surface area contributed by atoms with Gasteiger partial charge in [-0.1, -0.05) is 17.7 Å². The van der Waals surface area contributed by atoms with Crippen molar-refractivity contribution >= 4 is 32.6 Å². The lowest BCUT2D eigenvalue weighted by atomic mass is 10.0. The van der Waals surface area contributed by atoms with Crippen molar-refractivity contribution in [3.05, 3.63) is 74.6 Å². The average Bonchev–Trinajstić information content (AvgIpc) is 2.70. The molecule has 0 spiro atoms. The quantitative estimate of drug-likeness (QED) is 0.573. The third-order valence-corrected chi connectivity index (χ3v) is 7.73. The number of sulfonamides is 1. The zero-order chi connectivity index (χ0) is 21.5. The molecule has 3 aromatic rings. The Morgan fingerprint density at radius 1 is 1.00 bits per heavy atom. The molecule has 6 nitrogen and oxygen atoms in total. The molecular weight excluding hydrogens is 424 g/mol. The Bertz CT molecular complexity index is 1260. The van der Waals surface area contributed by atoms with Crippen LogP contribution in [0, 0.1) is 13.8 Å². The average molecular weight is 447 g/mol. The van der Waals surface area contributed by atoms with Gasteiger partial charge in [0, 0.05) is 49.2 Å². The Morgan fingerprint density at radius 2 is 1.70 bits per heavy atom. The number of nitrogens with zero attached hydrogens (tertiary/aromatic N) is 2. The fraction of sp³-hybridized carbons (Fsp3) is 0.318. The Morgan fingerprint density at radius 3 is 2.40 bits per heavy atom. The van der Waals surface area contributed by atoms with Crippen LogP contribution in [0.5, 0.6) is 0 Å². The SMILES string of the molecule is Cc1cc2oc(=O)cc(CN3CCN(S(=O)(=O)c4cccc(Cl)c4)CC3)c2cc1C. The van der Waals surface area contributed by atoms with Crippen LogP contribution in [-0.4, -0.2) is 43.8 Å². The van der Waals surface area contributed by atoms with E-state index in [2.05, 4.69) is 4.90 Å². The van der Waals surface area contributed by atoms with E-state index in [0.717, 1.165) is 22.1 Å². The van der Waals surface area contributed by atoms with Crippen molar-refractivity contribution in [2.75, 3.05) is 26.2 Å². The maximum atomic E-state index is 12.9. The Kier molecular flexibility index (Phi) is 5.72. The molecule has 0 saturated carbocycles. The normalized spacial score (nSPS) is 16.2. The minimum Gasteiger partial charge on any atom is -0.423 e. The first kappa shape index (κ1) is 21.1. The molecule has 1 aliphatic rings. The van der Waals surface area contributed by atoms with E-state index in [1.165, 1.54) is 16.4 Å². The number of hydrogen-bond donors (Lipinski definition) is 0. The highest BCUT2D eigenvalue weighted by atomic mass is 35.5. The molecule has 8 heteroatoms. The fourth-order valence-electron chi connectivity index (χ4n) is 3.76. The minimum atomic E-state index is -3.58. The van der Waals surface area contributed by atoms with Crippen LogP contribution in [-0.2, 0) is 16.6 Å². The van der Waals surface area contributed by atoms with Crippen molar-refractivity contribution in [3.63, 3.8) is 0 Å². The molecule has 1 fully saturated rings. The summed E-state index contributed by atoms with van der Waals surface area (Å²) in [6.45, 7) is 6.50. The van der Waals surface area contributed by atoms with Crippen molar-refractivity contribution in [2.24, 2.45) is 0 Å². The zero-order valence-corrected chi connectivity index (χ0v) is 18.5. The van der Waals surface area contributed by atoms with Gasteiger partial charge in [-0.05, 0) is 60.9 Å². The summed E-state index contributed by atoms with van der Waals surface area (Å²) in [6, 6.07) is 11.8. The lowest BCUT2D eigenvalue weighted by Crippen LogP contribution is -2.48. The van der Waals surface area contributed by atoms with Gasteiger partial charge >= 0.3 is 5.63 Å². The van der Waals surface area contributed by atoms with E-state index < -0.39 is 10.0 Å². The first-order valence-electron chi connectivity index (χ1n) is 9.76. The summed E-state index contributed by atoms with van der Waals surface area (Å²) < 4.78 is 32.6. The van der Waals surface area contributed by atoms with Gasteiger partial charge in [0.1, 0.15) is 5.58 Å². The molecule has 0 atom stereocenters. The van der Waals surface area contributed by atoms with Gasteiger partial charge in [0.25, 0.3) is 0 Å². The number of rotatable bonds is 4. The molecule has 158 valence electrons. The summed E-state index contributed by atoms with van der Waals surface area (Å²) in [5, 5.41) is 1.32. The zero-order valence-electron chi connectivity index (χ0n) is 16.9. The van der Waals surface area contributed by atoms with Crippen molar-refractivity contribution in [3.8, 4) is 0 Å². The second-order valence-electron chi connectivity index (χ2n) is 7.66. The molecule has 1 aromatic heterocycles. The number of fused-ring (bicyclic) bond motifs is 1. The Labute approximate surface area is 180 Å². The van der Waals surface area contributed by atoms with E-state index >= 15 is 0 Å². The van der Waals surface area contributed by atoms with E-state index in [4.69, 9.17) is 16.0 Å². The van der Waals surface area contributed by atoms with Crippen LogP contribution in [0.15, 0.2) is 56.6 Å². The highest BCUT2D eigenvalue weighted by Gasteiger charge is 2.28. The molecule has 0 N–H and O–H groups in total. The third kappa shape index (κ3) is 4.16. The minimum absolute atomic E-state index is 0.209. The van der Waals surface area contributed by atoms with Gasteiger partial charge in [-0.3, -0.25) is 4.90 Å². The number of benzene rings is 2. The molecule has 0 unspecified atom stereocenters. The summed E-state index contributed by atoms with van der Waals surface area (Å²) in [5.74, 6) is 0. The molecule has 1 aliphatic heterocycles. The summed E-state index contributed by atoms with van der Waals surface area (Å²) in [4.78, 5) is 14.4. The topological polar surface area (TPSA) is 70.8 Å². The van der Waals surface area contributed by atoms with Crippen LogP contribution >= 0.6 is 11.6 Å². The molecule has 0 radical (unpaired) electrons. The largest absolute Gasteiger partial charge is 0.423 e. The van der Waals surface area contributed by atoms with E-state index in [1.54, 1.807) is 18.2 Å². The maximum Gasteiger partial charge on any atom is 0.336 e. The summed E-state index contributed by atoms with van der Waals surface area (Å²) in [7, 11) is -3.58. The third-order valence-electron chi connectivity index (χ3n) is 5.60. The van der Waals surface area contributed by atoms with Gasteiger partial charge in [0.2, 0.25) is 10.0 Å². The van der Waals surface area contributed by atoms with Gasteiger partial charge in [-0.25, -0.2) is 13.2 Å². The van der Waals surface area contributed by atoms with Crippen molar-refractivity contribution in [1.29, 1.82) is 0 Å². The number of halogens is 1. The molecule has 0 amide bonds. The van der Waals surface area contributed by atoms with E-state index in [1.807, 2.05) is 26.0 Å². The number of piperazine rings is 1. The van der Waals surface area contributed by atoms with Gasteiger partial charge in [0.05, 0.1) is 4.90 Å². The highest BCUT2D eigenvalue weighted by molar-refractivity contribution is 7.89. The first-order chi connectivity index (χ1) is 14.2. The van der Waals surface area contributed by atoms with Gasteiger partial charge < -0.3 is 4.42 Å². The number of aryl methyl sites for hydroxylation is 2. The fourth-order valence-corrected chi connectivity index (χ4v) is 5.48. The predicted molar refractivity (Wildman–Crippen MR) is 117 cm³/mol. The van der Waals surface area contributed by atoms with Crippen LogP contribution < -0.4 is 5.63 Å². The summed E-state index contributed by atoms with van der Waals surface area (Å²) in [5.41, 5.74) is 3.32. The molecule has 2 heterocycles. The monoisotopic (exact) mass is 446 g/mol. The second-order valence-corrected chi connectivity index (χ2v) is 10.0. The lowest BCUT2D eigenvalue weighted by Gasteiger charge is -2.34. The molecular formula is C22H23ClN2O4S. The van der Waals surface area contributed by atoms with Crippen molar-refractivity contribution in [1.82, 2.24) is 9.21 Å².